The molecule has 0 spiro atoms. The number of nitrogens with one attached hydrogen (secondary N) is 1. The number of imidazole rings is 1. The molecule has 194 valence electrons. The zero-order chi connectivity index (χ0) is 26.4. The molecule has 13 heteroatoms. The molecule has 0 radical (unpaired) electrons. The van der Waals surface area contributed by atoms with Crippen molar-refractivity contribution >= 4 is 11.2 Å². The highest BCUT2D eigenvalue weighted by Gasteiger charge is 2.34. The Balaban J connectivity index is 1.28. The first kappa shape index (κ1) is 23.8. The monoisotopic (exact) mass is 522 g/mol. The summed E-state index contributed by atoms with van der Waals surface area (Å²) in [4.78, 5) is 25.2. The van der Waals surface area contributed by atoms with E-state index in [-0.39, 0.29) is 12.5 Å². The van der Waals surface area contributed by atoms with Crippen LogP contribution in [0, 0.1) is 6.92 Å². The number of H-pyrrole nitrogens is 1. The number of rotatable bonds is 7. The maximum absolute atomic E-state index is 13.0. The molecular weight excluding hydrogens is 501 g/mol. The number of ether oxygens (including phenoxy) is 2. The van der Waals surface area contributed by atoms with Crippen LogP contribution in [0.3, 0.4) is 0 Å². The molecule has 1 N–H and O–H groups in total. The second kappa shape index (κ2) is 9.08. The molecule has 38 heavy (non-hydrogen) atoms. The molecule has 5 aromatic rings. The molecule has 4 heterocycles. The number of halogens is 3. The van der Waals surface area contributed by atoms with Crippen LogP contribution in [-0.4, -0.2) is 46.8 Å². The van der Waals surface area contributed by atoms with Crippen molar-refractivity contribution in [2.75, 3.05) is 7.11 Å². The summed E-state index contributed by atoms with van der Waals surface area (Å²) >= 11 is 0. The number of nitrogens with zero attached hydrogens (tertiary/aromatic N) is 7. The number of fused-ring (bicyclic) bond motifs is 1. The first-order valence-corrected chi connectivity index (χ1v) is 11.8. The predicted molar refractivity (Wildman–Crippen MR) is 129 cm³/mol. The minimum atomic E-state index is -4.51. The van der Waals surface area contributed by atoms with Crippen molar-refractivity contribution in [3.8, 4) is 28.8 Å². The minimum absolute atomic E-state index is 0.147. The second-order valence-corrected chi connectivity index (χ2v) is 8.91. The van der Waals surface area contributed by atoms with Crippen molar-refractivity contribution in [2.24, 2.45) is 0 Å². The highest BCUT2D eigenvalue weighted by atomic mass is 19.4. The van der Waals surface area contributed by atoms with E-state index in [1.807, 2.05) is 0 Å². The Hall–Kier alpha value is -4.55. The van der Waals surface area contributed by atoms with E-state index in [0.29, 0.717) is 45.7 Å². The number of methoxy groups -OCH3 is 1. The van der Waals surface area contributed by atoms with Gasteiger partial charge in [0.05, 0.1) is 24.8 Å². The van der Waals surface area contributed by atoms with E-state index in [0.717, 1.165) is 30.2 Å². The van der Waals surface area contributed by atoms with Crippen molar-refractivity contribution in [2.45, 2.75) is 38.5 Å². The Morgan fingerprint density at radius 2 is 1.84 bits per heavy atom. The fourth-order valence-corrected chi connectivity index (χ4v) is 4.20. The first-order valence-electron chi connectivity index (χ1n) is 11.8. The lowest BCUT2D eigenvalue weighted by atomic mass is 10.1. The molecule has 0 bridgehead atoms. The fraction of sp³-hybridized carbons (Fsp3) is 0.280. The number of aryl methyl sites for hydroxylation is 1. The zero-order valence-corrected chi connectivity index (χ0v) is 20.3. The molecule has 0 unspecified atom stereocenters. The topological polar surface area (TPSA) is 117 Å². The SMILES string of the molecule is COc1ncnc(C2CC2)c1-c1nc(OCc2ccc(-n3nc(C(F)(F)F)cc3C)cc2)c2[nH]cnc2n1. The molecule has 1 aromatic carbocycles. The van der Waals surface area contributed by atoms with E-state index in [9.17, 15) is 13.2 Å². The molecule has 1 saturated carbocycles. The van der Waals surface area contributed by atoms with Gasteiger partial charge in [0.25, 0.3) is 0 Å². The smallest absolute Gasteiger partial charge is 0.435 e. The molecule has 0 atom stereocenters. The third-order valence-electron chi connectivity index (χ3n) is 6.21. The van der Waals surface area contributed by atoms with Gasteiger partial charge in [0.1, 0.15) is 24.0 Å². The zero-order valence-electron chi connectivity index (χ0n) is 20.3. The van der Waals surface area contributed by atoms with Gasteiger partial charge in [-0.25, -0.2) is 24.6 Å². The molecule has 1 fully saturated rings. The van der Waals surface area contributed by atoms with Crippen LogP contribution in [0.4, 0.5) is 13.2 Å². The van der Waals surface area contributed by atoms with Crippen LogP contribution in [0.2, 0.25) is 0 Å². The van der Waals surface area contributed by atoms with Gasteiger partial charge in [0, 0.05) is 11.6 Å². The molecule has 0 saturated heterocycles. The maximum atomic E-state index is 13.0. The maximum Gasteiger partial charge on any atom is 0.435 e. The van der Waals surface area contributed by atoms with Gasteiger partial charge in [-0.15, -0.1) is 0 Å². The van der Waals surface area contributed by atoms with Crippen molar-refractivity contribution in [1.82, 2.24) is 39.7 Å². The van der Waals surface area contributed by atoms with Gasteiger partial charge in [-0.2, -0.15) is 23.3 Å². The average molecular weight is 522 g/mol. The van der Waals surface area contributed by atoms with Crippen LogP contribution in [0.15, 0.2) is 43.0 Å². The summed E-state index contributed by atoms with van der Waals surface area (Å²) in [5, 5.41) is 3.69. The number of hydrogen-bond donors (Lipinski definition) is 1. The quantitative estimate of drug-likeness (QED) is 0.324. The van der Waals surface area contributed by atoms with Gasteiger partial charge >= 0.3 is 6.18 Å². The Bertz CT molecular complexity index is 1620. The van der Waals surface area contributed by atoms with Gasteiger partial charge in [-0.05, 0) is 43.5 Å². The average Bonchev–Trinajstić information content (AvgIpc) is 3.51. The van der Waals surface area contributed by atoms with E-state index < -0.39 is 11.9 Å². The first-order chi connectivity index (χ1) is 18.3. The molecular formula is C25H21F3N8O2. The van der Waals surface area contributed by atoms with Crippen LogP contribution >= 0.6 is 0 Å². The summed E-state index contributed by atoms with van der Waals surface area (Å²) in [7, 11) is 1.53. The lowest BCUT2D eigenvalue weighted by Crippen LogP contribution is -2.07. The predicted octanol–water partition coefficient (Wildman–Crippen LogP) is 4.79. The largest absolute Gasteiger partial charge is 0.480 e. The van der Waals surface area contributed by atoms with E-state index in [1.54, 1.807) is 31.2 Å². The molecule has 4 aromatic heterocycles. The van der Waals surface area contributed by atoms with E-state index in [2.05, 4.69) is 35.0 Å². The number of alkyl halides is 3. The highest BCUT2D eigenvalue weighted by molar-refractivity contribution is 5.79. The molecule has 10 nitrogen and oxygen atoms in total. The molecule has 0 amide bonds. The summed E-state index contributed by atoms with van der Waals surface area (Å²) in [6, 6.07) is 7.90. The molecule has 6 rings (SSSR count). The summed E-state index contributed by atoms with van der Waals surface area (Å²) in [6.45, 7) is 1.72. The summed E-state index contributed by atoms with van der Waals surface area (Å²) < 4.78 is 51.9. The van der Waals surface area contributed by atoms with E-state index in [1.165, 1.54) is 24.4 Å². The minimum Gasteiger partial charge on any atom is -0.480 e. The molecule has 0 aliphatic heterocycles. The van der Waals surface area contributed by atoms with Crippen LogP contribution < -0.4 is 9.47 Å². The Morgan fingerprint density at radius 3 is 2.53 bits per heavy atom. The van der Waals surface area contributed by atoms with Crippen LogP contribution in [0.5, 0.6) is 11.8 Å². The summed E-state index contributed by atoms with van der Waals surface area (Å²) in [5.74, 6) is 1.32. The van der Waals surface area contributed by atoms with Crippen molar-refractivity contribution in [1.29, 1.82) is 0 Å². The lowest BCUT2D eigenvalue weighted by molar-refractivity contribution is -0.141. The third-order valence-corrected chi connectivity index (χ3v) is 6.21. The Labute approximate surface area is 213 Å². The van der Waals surface area contributed by atoms with Gasteiger partial charge in [0.15, 0.2) is 17.2 Å². The normalized spacial score (nSPS) is 13.7. The molecule has 1 aliphatic carbocycles. The fourth-order valence-electron chi connectivity index (χ4n) is 4.20. The molecule has 1 aliphatic rings. The van der Waals surface area contributed by atoms with Crippen LogP contribution in [0.25, 0.3) is 28.2 Å². The van der Waals surface area contributed by atoms with Crippen molar-refractivity contribution in [3.05, 3.63) is 65.6 Å². The summed E-state index contributed by atoms with van der Waals surface area (Å²) in [6.07, 6.45) is 0.513. The summed E-state index contributed by atoms with van der Waals surface area (Å²) in [5.41, 5.74) is 3.12. The van der Waals surface area contributed by atoms with Crippen LogP contribution in [-0.2, 0) is 12.8 Å². The number of aromatic nitrogens is 8. The van der Waals surface area contributed by atoms with Crippen LogP contribution in [0.1, 0.15) is 41.4 Å². The standard InChI is InChI=1S/C25H21F3N8O2/c1-13-9-17(25(26,27)28)35-36(13)16-7-3-14(4-8-16)10-38-24-20-22(31-11-30-20)33-21(34-24)18-19(15-5-6-15)29-12-32-23(18)37-2/h3-4,7-9,11-12,15H,5-6,10H2,1-2H3,(H,30,31,33,34). The van der Waals surface area contributed by atoms with Gasteiger partial charge in [0.2, 0.25) is 11.8 Å². The van der Waals surface area contributed by atoms with E-state index in [4.69, 9.17) is 9.47 Å². The van der Waals surface area contributed by atoms with Crippen molar-refractivity contribution < 1.29 is 22.6 Å². The number of hydrogen-bond acceptors (Lipinski definition) is 8. The van der Waals surface area contributed by atoms with Gasteiger partial charge < -0.3 is 14.5 Å². The van der Waals surface area contributed by atoms with E-state index >= 15 is 0 Å². The van der Waals surface area contributed by atoms with Gasteiger partial charge in [-0.1, -0.05) is 12.1 Å². The third kappa shape index (κ3) is 4.40. The highest BCUT2D eigenvalue weighted by Crippen LogP contribution is 2.45. The number of aromatic amines is 1. The van der Waals surface area contributed by atoms with Crippen molar-refractivity contribution in [3.63, 3.8) is 0 Å². The lowest BCUT2D eigenvalue weighted by Gasteiger charge is -2.12. The second-order valence-electron chi connectivity index (χ2n) is 8.91. The Morgan fingerprint density at radius 1 is 1.05 bits per heavy atom. The van der Waals surface area contributed by atoms with Gasteiger partial charge in [-0.3, -0.25) is 0 Å². The Kier molecular flexibility index (Phi) is 5.69. The number of benzene rings is 1.